The molecule has 2 nitrogen and oxygen atoms in total. The van der Waals surface area contributed by atoms with Crippen LogP contribution in [0, 0.1) is 0 Å². The Morgan fingerprint density at radius 2 is 0.765 bits per heavy atom. The minimum Gasteiger partial charge on any atom is -0.742 e. The van der Waals surface area contributed by atoms with E-state index in [0.29, 0.717) is 0 Å². The second-order valence-electron chi connectivity index (χ2n) is 2.98. The van der Waals surface area contributed by atoms with Crippen molar-refractivity contribution >= 4 is 59.4 Å². The number of carbonyl (C=O) groups is 2. The van der Waals surface area contributed by atoms with Crippen molar-refractivity contribution in [3.8, 4) is 0 Å². The normalized spacial score (nSPS) is 6.47. The molecule has 2 radical (unpaired) electrons. The van der Waals surface area contributed by atoms with Gasteiger partial charge < -0.3 is 34.8 Å². The van der Waals surface area contributed by atoms with Crippen LogP contribution in [0.4, 0.5) is 0 Å². The van der Waals surface area contributed by atoms with Crippen LogP contribution in [0.3, 0.4) is 0 Å². The van der Waals surface area contributed by atoms with Crippen molar-refractivity contribution in [2.24, 2.45) is 0 Å². The van der Waals surface area contributed by atoms with Crippen LogP contribution in [0.25, 0.3) is 0 Å². The van der Waals surface area contributed by atoms with E-state index in [-0.39, 0.29) is 34.1 Å². The molecule has 0 aromatic rings. The van der Waals surface area contributed by atoms with Gasteiger partial charge in [-0.2, -0.15) is 0 Å². The fourth-order valence-electron chi connectivity index (χ4n) is 0. The molecule has 0 unspecified atom stereocenters. The Bertz CT molecular complexity index is 114. The third-order valence-corrected chi connectivity index (χ3v) is 1.000. The van der Waals surface area contributed by atoms with Crippen LogP contribution in [0.5, 0.6) is 0 Å². The fraction of sp³-hybridized carbons (Fsp3) is 0.833. The average Bonchev–Trinajstić information content (AvgIpc) is 2.16. The second-order valence-corrected chi connectivity index (χ2v) is 4.13. The smallest absolute Gasteiger partial charge is 0.742 e. The molecule has 0 amide bonds. The van der Waals surface area contributed by atoms with Crippen LogP contribution >= 0.6 is 0 Å². The average molecular weight is 385 g/mol. The van der Waals surface area contributed by atoms with Gasteiger partial charge in [-0.1, -0.05) is 53.4 Å². The van der Waals surface area contributed by atoms with Crippen LogP contribution in [-0.2, 0) is 34.8 Å². The van der Waals surface area contributed by atoms with Crippen LogP contribution in [0.1, 0.15) is 67.2 Å². The Labute approximate surface area is 135 Å². The van der Waals surface area contributed by atoms with Gasteiger partial charge in [0.2, 0.25) is 0 Å². The van der Waals surface area contributed by atoms with Gasteiger partial charge in [0.05, 0.1) is 0 Å². The predicted molar refractivity (Wildman–Crippen MR) is 83.0 cm³/mol. The first-order chi connectivity index (χ1) is 7.29. The third kappa shape index (κ3) is 530. The summed E-state index contributed by atoms with van der Waals surface area (Å²) in [5, 5.41) is -0.500. The first kappa shape index (κ1) is 30.5. The molecule has 0 aromatic carbocycles. The van der Waals surface area contributed by atoms with Gasteiger partial charge in [-0.15, -0.1) is 0 Å². The van der Waals surface area contributed by atoms with Gasteiger partial charge in [0.25, 0.3) is 0 Å². The first-order valence-corrected chi connectivity index (χ1v) is 6.46. The van der Waals surface area contributed by atoms with Crippen molar-refractivity contribution in [3.63, 3.8) is 0 Å². The SMILES string of the molecule is CC(=O)[S-].CC(=O)[S-].CCCC.CCCC.[Sn+2]. The summed E-state index contributed by atoms with van der Waals surface area (Å²) in [5.74, 6) is 0. The van der Waals surface area contributed by atoms with Crippen molar-refractivity contribution in [3.05, 3.63) is 0 Å². The maximum Gasteiger partial charge on any atom is 2.00 e. The van der Waals surface area contributed by atoms with Crippen molar-refractivity contribution < 1.29 is 9.59 Å². The molecule has 0 rings (SSSR count). The summed E-state index contributed by atoms with van der Waals surface area (Å²) in [6.45, 7) is 11.4. The topological polar surface area (TPSA) is 34.1 Å². The van der Waals surface area contributed by atoms with E-state index in [4.69, 9.17) is 0 Å². The Morgan fingerprint density at radius 3 is 0.765 bits per heavy atom. The monoisotopic (exact) mass is 386 g/mol. The molecule has 0 aliphatic heterocycles. The van der Waals surface area contributed by atoms with Gasteiger partial charge in [0.1, 0.15) is 0 Å². The summed E-state index contributed by atoms with van der Waals surface area (Å²) in [4.78, 5) is 18.5. The van der Waals surface area contributed by atoms with Crippen LogP contribution < -0.4 is 0 Å². The van der Waals surface area contributed by atoms with E-state index < -0.39 is 0 Å². The Balaban J connectivity index is -0.0000000369. The largest absolute Gasteiger partial charge is 2.00 e. The number of carbonyl (C=O) groups excluding carboxylic acids is 2. The molecule has 5 heteroatoms. The molecule has 17 heavy (non-hydrogen) atoms. The number of hydrogen-bond acceptors (Lipinski definition) is 4. The maximum absolute atomic E-state index is 9.26. The molecular weight excluding hydrogens is 359 g/mol. The minimum absolute atomic E-state index is 0. The Hall–Kier alpha value is 0.579. The van der Waals surface area contributed by atoms with Crippen LogP contribution in [0.2, 0.25) is 0 Å². The molecule has 0 saturated heterocycles. The van der Waals surface area contributed by atoms with E-state index in [9.17, 15) is 9.59 Å². The van der Waals surface area contributed by atoms with Gasteiger partial charge in [-0.05, 0) is 13.8 Å². The zero-order valence-corrected chi connectivity index (χ0v) is 16.4. The zero-order valence-electron chi connectivity index (χ0n) is 12.0. The van der Waals surface area contributed by atoms with Gasteiger partial charge in [-0.3, -0.25) is 0 Å². The van der Waals surface area contributed by atoms with Gasteiger partial charge in [-0.25, -0.2) is 0 Å². The predicted octanol–water partition coefficient (Wildman–Crippen LogP) is 3.39. The van der Waals surface area contributed by atoms with Crippen molar-refractivity contribution in [1.82, 2.24) is 0 Å². The molecule has 0 heterocycles. The fourth-order valence-corrected chi connectivity index (χ4v) is 0. The van der Waals surface area contributed by atoms with E-state index in [1.165, 1.54) is 39.5 Å². The van der Waals surface area contributed by atoms with Crippen LogP contribution in [0.15, 0.2) is 0 Å². The van der Waals surface area contributed by atoms with Crippen LogP contribution in [-0.4, -0.2) is 34.1 Å². The molecule has 0 aliphatic carbocycles. The number of rotatable bonds is 2. The quantitative estimate of drug-likeness (QED) is 0.539. The second kappa shape index (κ2) is 36.0. The van der Waals surface area contributed by atoms with Gasteiger partial charge >= 0.3 is 23.9 Å². The summed E-state index contributed by atoms with van der Waals surface area (Å²) < 4.78 is 0. The summed E-state index contributed by atoms with van der Waals surface area (Å²) in [7, 11) is 0. The molecule has 0 bridgehead atoms. The standard InChI is InChI=1S/2C4H10.2C2H4OS.Sn/c2*1-3-4-2;2*1-2(3)4;/h2*3-4H2,1-2H3;2*1H3,(H,3,4);/q;;;;+2/p-2. The third-order valence-electron chi connectivity index (χ3n) is 1.000. The van der Waals surface area contributed by atoms with E-state index in [2.05, 4.69) is 53.0 Å². The van der Waals surface area contributed by atoms with E-state index in [0.717, 1.165) is 0 Å². The van der Waals surface area contributed by atoms with Crippen molar-refractivity contribution in [1.29, 1.82) is 0 Å². The summed E-state index contributed by atoms with van der Waals surface area (Å²) in [5.41, 5.74) is 0. The Kier molecular flexibility index (Phi) is 64.6. The molecule has 0 aromatic heterocycles. The van der Waals surface area contributed by atoms with E-state index >= 15 is 0 Å². The van der Waals surface area contributed by atoms with Gasteiger partial charge in [0, 0.05) is 10.2 Å². The summed E-state index contributed by atoms with van der Waals surface area (Å²) >= 11 is 7.96. The molecule has 0 spiro atoms. The zero-order chi connectivity index (χ0) is 14.0. The molecular formula is C12H26O2S2Sn. The molecule has 0 N–H and O–H groups in total. The minimum atomic E-state index is -0.250. The van der Waals surface area contributed by atoms with E-state index in [1.54, 1.807) is 0 Å². The Morgan fingerprint density at radius 1 is 0.706 bits per heavy atom. The van der Waals surface area contributed by atoms with Crippen molar-refractivity contribution in [2.75, 3.05) is 0 Å². The number of unbranched alkanes of at least 4 members (excludes halogenated alkanes) is 2. The molecule has 0 fully saturated rings. The molecule has 102 valence electrons. The van der Waals surface area contributed by atoms with Crippen molar-refractivity contribution in [2.45, 2.75) is 67.2 Å². The first-order valence-electron chi connectivity index (χ1n) is 5.64. The van der Waals surface area contributed by atoms with Gasteiger partial charge in [0.15, 0.2) is 0 Å². The molecule has 0 aliphatic rings. The molecule has 0 saturated carbocycles. The molecule has 0 atom stereocenters. The van der Waals surface area contributed by atoms with E-state index in [1.807, 2.05) is 0 Å². The number of hydrogen-bond donors (Lipinski definition) is 0. The summed E-state index contributed by atoms with van der Waals surface area (Å²) in [6, 6.07) is 0. The summed E-state index contributed by atoms with van der Waals surface area (Å²) in [6.07, 6.45) is 5.28. The maximum atomic E-state index is 9.26.